The number of aliphatic carboxylic acids is 1. The van der Waals surface area contributed by atoms with Gasteiger partial charge in [-0.3, -0.25) is 9.59 Å². The van der Waals surface area contributed by atoms with Crippen molar-refractivity contribution in [3.05, 3.63) is 35.9 Å². The van der Waals surface area contributed by atoms with E-state index in [0.717, 1.165) is 5.56 Å². The Balaban J connectivity index is 2.71. The van der Waals surface area contributed by atoms with Crippen LogP contribution in [0.5, 0.6) is 0 Å². The minimum absolute atomic E-state index is 0.0782. The number of carbonyl (C=O) groups is 3. The summed E-state index contributed by atoms with van der Waals surface area (Å²) >= 11 is 0. The maximum absolute atomic E-state index is 11.8. The maximum Gasteiger partial charge on any atom is 0.315 e. The number of hydrogen-bond donors (Lipinski definition) is 4. The number of nitrogens with two attached hydrogens (primary N) is 1. The standard InChI is InChI=1S/C14H19N3O4/c1-9(13(15)20)16-14(21)17-11(7-8-12(18)19)10-5-3-2-4-6-10/h2-6,9,11H,7-8H2,1H3,(H2,15,20)(H,18,19)(H2,16,17,21). The molecule has 0 bridgehead atoms. The number of rotatable bonds is 7. The van der Waals surface area contributed by atoms with Gasteiger partial charge in [-0.25, -0.2) is 4.79 Å². The number of nitrogens with one attached hydrogen (secondary N) is 2. The number of urea groups is 1. The summed E-state index contributed by atoms with van der Waals surface area (Å²) in [6, 6.07) is 7.19. The molecule has 0 saturated carbocycles. The quantitative estimate of drug-likeness (QED) is 0.593. The first kappa shape index (κ1) is 16.5. The van der Waals surface area contributed by atoms with Crippen molar-refractivity contribution in [2.45, 2.75) is 31.8 Å². The Morgan fingerprint density at radius 1 is 1.19 bits per heavy atom. The van der Waals surface area contributed by atoms with Crippen LogP contribution < -0.4 is 16.4 Å². The largest absolute Gasteiger partial charge is 0.481 e. The predicted octanol–water partition coefficient (Wildman–Crippen LogP) is 0.765. The molecule has 0 radical (unpaired) electrons. The third-order valence-electron chi connectivity index (χ3n) is 2.93. The summed E-state index contributed by atoms with van der Waals surface area (Å²) in [5, 5.41) is 13.8. The molecule has 21 heavy (non-hydrogen) atoms. The molecule has 0 aliphatic heterocycles. The van der Waals surface area contributed by atoms with E-state index in [4.69, 9.17) is 10.8 Å². The molecule has 1 aromatic carbocycles. The van der Waals surface area contributed by atoms with Gasteiger partial charge in [0.15, 0.2) is 0 Å². The highest BCUT2D eigenvalue weighted by Gasteiger charge is 2.18. The van der Waals surface area contributed by atoms with Crippen molar-refractivity contribution in [2.75, 3.05) is 0 Å². The third kappa shape index (κ3) is 5.94. The van der Waals surface area contributed by atoms with Crippen molar-refractivity contribution >= 4 is 17.9 Å². The highest BCUT2D eigenvalue weighted by Crippen LogP contribution is 2.18. The van der Waals surface area contributed by atoms with Gasteiger partial charge in [-0.2, -0.15) is 0 Å². The number of amides is 3. The topological polar surface area (TPSA) is 122 Å². The Bertz CT molecular complexity index is 504. The predicted molar refractivity (Wildman–Crippen MR) is 76.4 cm³/mol. The molecule has 1 aromatic rings. The lowest BCUT2D eigenvalue weighted by molar-refractivity contribution is -0.137. The summed E-state index contributed by atoms with van der Waals surface area (Å²) in [6.07, 6.45) is 0.170. The molecule has 0 aliphatic rings. The molecule has 5 N–H and O–H groups in total. The number of hydrogen-bond acceptors (Lipinski definition) is 3. The molecule has 7 nitrogen and oxygen atoms in total. The van der Waals surface area contributed by atoms with E-state index in [0.29, 0.717) is 0 Å². The molecule has 3 amide bonds. The number of carbonyl (C=O) groups excluding carboxylic acids is 2. The van der Waals surface area contributed by atoms with Crippen molar-refractivity contribution in [1.82, 2.24) is 10.6 Å². The van der Waals surface area contributed by atoms with Crippen LogP contribution in [-0.2, 0) is 9.59 Å². The second-order valence-corrected chi connectivity index (χ2v) is 4.64. The average molecular weight is 293 g/mol. The fourth-order valence-electron chi connectivity index (χ4n) is 1.74. The maximum atomic E-state index is 11.8. The molecule has 0 heterocycles. The van der Waals surface area contributed by atoms with Gasteiger partial charge in [-0.15, -0.1) is 0 Å². The van der Waals surface area contributed by atoms with E-state index in [1.54, 1.807) is 24.3 Å². The number of carboxylic acids is 1. The lowest BCUT2D eigenvalue weighted by Crippen LogP contribution is -2.47. The fraction of sp³-hybridized carbons (Fsp3) is 0.357. The van der Waals surface area contributed by atoms with Crippen LogP contribution in [-0.4, -0.2) is 29.1 Å². The van der Waals surface area contributed by atoms with E-state index < -0.39 is 30.0 Å². The first-order chi connectivity index (χ1) is 9.90. The van der Waals surface area contributed by atoms with Crippen LogP contribution in [0.3, 0.4) is 0 Å². The minimum Gasteiger partial charge on any atom is -0.481 e. The van der Waals surface area contributed by atoms with Gasteiger partial charge in [0, 0.05) is 6.42 Å². The smallest absolute Gasteiger partial charge is 0.315 e. The highest BCUT2D eigenvalue weighted by molar-refractivity contribution is 5.85. The zero-order valence-electron chi connectivity index (χ0n) is 11.7. The monoisotopic (exact) mass is 293 g/mol. The molecular formula is C14H19N3O4. The van der Waals surface area contributed by atoms with E-state index in [1.165, 1.54) is 6.92 Å². The van der Waals surface area contributed by atoms with Crippen LogP contribution in [0.2, 0.25) is 0 Å². The molecule has 1 rings (SSSR count). The Morgan fingerprint density at radius 3 is 2.33 bits per heavy atom. The van der Waals surface area contributed by atoms with Crippen LogP contribution >= 0.6 is 0 Å². The molecule has 0 spiro atoms. The van der Waals surface area contributed by atoms with Crippen LogP contribution in [0.1, 0.15) is 31.4 Å². The van der Waals surface area contributed by atoms with Crippen LogP contribution in [0, 0.1) is 0 Å². The lowest BCUT2D eigenvalue weighted by atomic mass is 10.0. The number of primary amides is 1. The van der Waals surface area contributed by atoms with Crippen LogP contribution in [0.25, 0.3) is 0 Å². The van der Waals surface area contributed by atoms with Gasteiger partial charge in [0.1, 0.15) is 6.04 Å². The molecule has 0 aromatic heterocycles. The van der Waals surface area contributed by atoms with E-state index >= 15 is 0 Å². The van der Waals surface area contributed by atoms with Gasteiger partial charge in [0.05, 0.1) is 6.04 Å². The second kappa shape index (κ2) is 7.88. The summed E-state index contributed by atoms with van der Waals surface area (Å²) < 4.78 is 0. The van der Waals surface area contributed by atoms with E-state index in [9.17, 15) is 14.4 Å². The zero-order valence-corrected chi connectivity index (χ0v) is 11.7. The molecule has 2 atom stereocenters. The molecule has 7 heteroatoms. The van der Waals surface area contributed by atoms with Gasteiger partial charge in [-0.05, 0) is 18.9 Å². The summed E-state index contributed by atoms with van der Waals surface area (Å²) in [7, 11) is 0. The zero-order chi connectivity index (χ0) is 15.8. The Kier molecular flexibility index (Phi) is 6.19. The highest BCUT2D eigenvalue weighted by atomic mass is 16.4. The molecular weight excluding hydrogens is 274 g/mol. The van der Waals surface area contributed by atoms with Crippen LogP contribution in [0.15, 0.2) is 30.3 Å². The first-order valence-corrected chi connectivity index (χ1v) is 6.53. The normalized spacial score (nSPS) is 13.0. The summed E-state index contributed by atoms with van der Waals surface area (Å²) in [4.78, 5) is 33.4. The van der Waals surface area contributed by atoms with Crippen molar-refractivity contribution in [3.8, 4) is 0 Å². The van der Waals surface area contributed by atoms with E-state index in [2.05, 4.69) is 10.6 Å². The van der Waals surface area contributed by atoms with Crippen LogP contribution in [0.4, 0.5) is 4.79 Å². The van der Waals surface area contributed by atoms with Gasteiger partial charge in [-0.1, -0.05) is 30.3 Å². The Morgan fingerprint density at radius 2 is 1.81 bits per heavy atom. The van der Waals surface area contributed by atoms with Gasteiger partial charge in [0.25, 0.3) is 0 Å². The molecule has 0 aliphatic carbocycles. The fourth-order valence-corrected chi connectivity index (χ4v) is 1.74. The Labute approximate surface area is 122 Å². The molecule has 0 saturated heterocycles. The minimum atomic E-state index is -0.941. The number of benzene rings is 1. The lowest BCUT2D eigenvalue weighted by Gasteiger charge is -2.20. The Hall–Kier alpha value is -2.57. The van der Waals surface area contributed by atoms with Crippen molar-refractivity contribution in [3.63, 3.8) is 0 Å². The summed E-state index contributed by atoms with van der Waals surface area (Å²) in [6.45, 7) is 1.47. The van der Waals surface area contributed by atoms with Gasteiger partial charge < -0.3 is 21.5 Å². The molecule has 114 valence electrons. The van der Waals surface area contributed by atoms with E-state index in [1.807, 2.05) is 6.07 Å². The van der Waals surface area contributed by atoms with Crippen molar-refractivity contribution in [1.29, 1.82) is 0 Å². The summed E-state index contributed by atoms with van der Waals surface area (Å²) in [5.41, 5.74) is 5.86. The number of carboxylic acid groups (broad SMARTS) is 1. The second-order valence-electron chi connectivity index (χ2n) is 4.64. The van der Waals surface area contributed by atoms with Crippen molar-refractivity contribution < 1.29 is 19.5 Å². The summed E-state index contributed by atoms with van der Waals surface area (Å²) in [5.74, 6) is -1.59. The third-order valence-corrected chi connectivity index (χ3v) is 2.93. The van der Waals surface area contributed by atoms with E-state index in [-0.39, 0.29) is 12.8 Å². The average Bonchev–Trinajstić information content (AvgIpc) is 2.44. The first-order valence-electron chi connectivity index (χ1n) is 6.53. The molecule has 0 fully saturated rings. The van der Waals surface area contributed by atoms with Gasteiger partial charge in [0.2, 0.25) is 5.91 Å². The van der Waals surface area contributed by atoms with Gasteiger partial charge >= 0.3 is 12.0 Å². The SMILES string of the molecule is CC(NC(=O)NC(CCC(=O)O)c1ccccc1)C(N)=O. The molecule has 2 unspecified atom stereocenters. The van der Waals surface area contributed by atoms with Crippen molar-refractivity contribution in [2.24, 2.45) is 5.73 Å².